The molecule has 3 nitrogen and oxygen atoms in total. The van der Waals surface area contributed by atoms with Gasteiger partial charge in [-0.3, -0.25) is 4.79 Å². The maximum Gasteiger partial charge on any atom is 0.136 e. The Labute approximate surface area is 146 Å². The molecule has 0 heterocycles. The van der Waals surface area contributed by atoms with Crippen molar-refractivity contribution in [3.63, 3.8) is 0 Å². The maximum atomic E-state index is 12.2. The Balaban J connectivity index is 1.64. The summed E-state index contributed by atoms with van der Waals surface area (Å²) in [6.07, 6.45) is 8.14. The normalized spacial score (nSPS) is 57.0. The van der Waals surface area contributed by atoms with Crippen LogP contribution >= 0.6 is 0 Å². The van der Waals surface area contributed by atoms with Gasteiger partial charge in [-0.2, -0.15) is 0 Å². The molecule has 0 radical (unpaired) electrons. The van der Waals surface area contributed by atoms with Gasteiger partial charge in [0.15, 0.2) is 0 Å². The molecule has 0 aromatic rings. The van der Waals surface area contributed by atoms with Crippen molar-refractivity contribution in [2.45, 2.75) is 84.3 Å². The molecule has 0 amide bonds. The van der Waals surface area contributed by atoms with Crippen molar-refractivity contribution in [2.24, 2.45) is 40.4 Å². The highest BCUT2D eigenvalue weighted by atomic mass is 16.3. The van der Waals surface area contributed by atoms with Crippen LogP contribution in [0.3, 0.4) is 0 Å². The smallest absolute Gasteiger partial charge is 0.136 e. The van der Waals surface area contributed by atoms with Crippen molar-refractivity contribution in [2.75, 3.05) is 0 Å². The van der Waals surface area contributed by atoms with Gasteiger partial charge in [0.2, 0.25) is 0 Å². The zero-order valence-electron chi connectivity index (χ0n) is 15.5. The van der Waals surface area contributed by atoms with Crippen LogP contribution in [-0.2, 0) is 4.79 Å². The summed E-state index contributed by atoms with van der Waals surface area (Å²) >= 11 is 0. The monoisotopic (exact) mass is 334 g/mol. The van der Waals surface area contributed by atoms with Crippen LogP contribution in [0.5, 0.6) is 0 Å². The number of carbonyl (C=O) groups is 1. The van der Waals surface area contributed by atoms with Gasteiger partial charge < -0.3 is 10.2 Å². The summed E-state index contributed by atoms with van der Waals surface area (Å²) in [4.78, 5) is 12.2. The molecule has 136 valence electrons. The molecule has 9 atom stereocenters. The summed E-state index contributed by atoms with van der Waals surface area (Å²) in [7, 11) is 0. The van der Waals surface area contributed by atoms with Crippen molar-refractivity contribution in [1.29, 1.82) is 0 Å². The van der Waals surface area contributed by atoms with E-state index in [2.05, 4.69) is 13.8 Å². The van der Waals surface area contributed by atoms with Crippen LogP contribution in [0.25, 0.3) is 0 Å². The van der Waals surface area contributed by atoms with E-state index in [1.165, 1.54) is 19.3 Å². The molecule has 3 heteroatoms. The average Bonchev–Trinajstić information content (AvgIpc) is 2.78. The number of hydrogen-bond acceptors (Lipinski definition) is 3. The van der Waals surface area contributed by atoms with Crippen molar-refractivity contribution in [3.8, 4) is 0 Å². The van der Waals surface area contributed by atoms with Crippen LogP contribution in [0.2, 0.25) is 0 Å². The van der Waals surface area contributed by atoms with Crippen LogP contribution in [0.1, 0.15) is 72.1 Å². The average molecular weight is 335 g/mol. The second-order valence-corrected chi connectivity index (χ2v) is 10.0. The van der Waals surface area contributed by atoms with Gasteiger partial charge in [0.05, 0.1) is 12.2 Å². The van der Waals surface area contributed by atoms with Crippen LogP contribution in [0.15, 0.2) is 0 Å². The molecule has 0 aliphatic heterocycles. The van der Waals surface area contributed by atoms with Gasteiger partial charge in [0.1, 0.15) is 5.78 Å². The molecule has 24 heavy (non-hydrogen) atoms. The van der Waals surface area contributed by atoms with E-state index in [1.807, 2.05) is 0 Å². The first-order valence-corrected chi connectivity index (χ1v) is 10.1. The van der Waals surface area contributed by atoms with E-state index >= 15 is 0 Å². The molecule has 4 aliphatic carbocycles. The minimum atomic E-state index is -0.435. The van der Waals surface area contributed by atoms with Crippen molar-refractivity contribution < 1.29 is 15.0 Å². The second kappa shape index (κ2) is 5.54. The lowest BCUT2D eigenvalue weighted by Crippen LogP contribution is -2.54. The van der Waals surface area contributed by atoms with Crippen LogP contribution in [0, 0.1) is 40.4 Å². The molecule has 4 aliphatic rings. The summed E-state index contributed by atoms with van der Waals surface area (Å²) in [6.45, 7) is 6.44. The van der Waals surface area contributed by atoms with Crippen LogP contribution < -0.4 is 0 Å². The van der Waals surface area contributed by atoms with Crippen molar-refractivity contribution in [3.05, 3.63) is 0 Å². The van der Waals surface area contributed by atoms with Gasteiger partial charge in [0.25, 0.3) is 0 Å². The number of ketones is 1. The molecule has 4 rings (SSSR count). The van der Waals surface area contributed by atoms with Gasteiger partial charge in [0, 0.05) is 5.92 Å². The molecular formula is C21H34O3. The molecule has 0 bridgehead atoms. The third kappa shape index (κ3) is 2.19. The number of carbonyl (C=O) groups excluding carboxylic acids is 1. The van der Waals surface area contributed by atoms with E-state index in [0.717, 1.165) is 38.0 Å². The fourth-order valence-corrected chi connectivity index (χ4v) is 7.98. The largest absolute Gasteiger partial charge is 0.393 e. The molecule has 0 saturated heterocycles. The minimum absolute atomic E-state index is 0.00376. The van der Waals surface area contributed by atoms with E-state index < -0.39 is 6.10 Å². The molecule has 4 fully saturated rings. The van der Waals surface area contributed by atoms with Crippen molar-refractivity contribution in [1.82, 2.24) is 0 Å². The predicted octanol–water partition coefficient (Wildman–Crippen LogP) is 3.57. The lowest BCUT2D eigenvalue weighted by Gasteiger charge is -2.60. The van der Waals surface area contributed by atoms with Gasteiger partial charge in [-0.05, 0) is 92.8 Å². The molecule has 4 saturated carbocycles. The Morgan fingerprint density at radius 2 is 1.62 bits per heavy atom. The van der Waals surface area contributed by atoms with E-state index in [-0.39, 0.29) is 23.2 Å². The van der Waals surface area contributed by atoms with Crippen LogP contribution in [0.4, 0.5) is 0 Å². The lowest BCUT2D eigenvalue weighted by atomic mass is 9.44. The fraction of sp³-hybridized carbons (Fsp3) is 0.952. The highest BCUT2D eigenvalue weighted by molar-refractivity contribution is 5.80. The quantitative estimate of drug-likeness (QED) is 0.771. The second-order valence-electron chi connectivity index (χ2n) is 10.0. The molecule has 0 unspecified atom stereocenters. The van der Waals surface area contributed by atoms with E-state index in [9.17, 15) is 15.0 Å². The molecule has 0 aromatic carbocycles. The number of Topliss-reactive ketones (excluding diaryl/α,β-unsaturated/α-hetero) is 1. The van der Waals surface area contributed by atoms with Gasteiger partial charge in [-0.1, -0.05) is 13.8 Å². The number of hydrogen-bond donors (Lipinski definition) is 2. The first-order valence-electron chi connectivity index (χ1n) is 10.1. The summed E-state index contributed by atoms with van der Waals surface area (Å²) in [6, 6.07) is 0. The first-order chi connectivity index (χ1) is 11.3. The lowest BCUT2D eigenvalue weighted by molar-refractivity contribution is -0.140. The van der Waals surface area contributed by atoms with E-state index in [4.69, 9.17) is 0 Å². The van der Waals surface area contributed by atoms with E-state index in [1.54, 1.807) is 6.92 Å². The van der Waals surface area contributed by atoms with Crippen molar-refractivity contribution >= 4 is 5.78 Å². The van der Waals surface area contributed by atoms with Gasteiger partial charge in [-0.25, -0.2) is 0 Å². The van der Waals surface area contributed by atoms with Crippen LogP contribution in [-0.4, -0.2) is 28.2 Å². The standard InChI is InChI=1S/C21H34O3/c1-12(22)19-18(24)11-17-15-5-4-13-10-14(23)6-8-20(13,2)16(15)7-9-21(17,19)3/h13-19,23-24H,4-11H2,1-3H3/t13-,14-,15+,16-,17-,18-,19-,20-,21-/m0/s1. The molecule has 2 N–H and O–H groups in total. The summed E-state index contributed by atoms with van der Waals surface area (Å²) in [5.74, 6) is 2.60. The predicted molar refractivity (Wildman–Crippen MR) is 93.3 cm³/mol. The Bertz CT molecular complexity index is 531. The highest BCUT2D eigenvalue weighted by Gasteiger charge is 2.62. The Morgan fingerprint density at radius 3 is 2.33 bits per heavy atom. The zero-order chi connectivity index (χ0) is 17.3. The molecule has 0 spiro atoms. The van der Waals surface area contributed by atoms with Gasteiger partial charge in [-0.15, -0.1) is 0 Å². The molecular weight excluding hydrogens is 300 g/mol. The minimum Gasteiger partial charge on any atom is -0.393 e. The summed E-state index contributed by atoms with van der Waals surface area (Å²) in [5, 5.41) is 20.7. The number of rotatable bonds is 1. The van der Waals surface area contributed by atoms with Gasteiger partial charge >= 0.3 is 0 Å². The Morgan fingerprint density at radius 1 is 0.917 bits per heavy atom. The Hall–Kier alpha value is -0.410. The maximum absolute atomic E-state index is 12.2. The highest BCUT2D eigenvalue weighted by Crippen LogP contribution is 2.67. The topological polar surface area (TPSA) is 57.5 Å². The number of fused-ring (bicyclic) bond motifs is 5. The number of aliphatic hydroxyl groups is 2. The SMILES string of the molecule is CC(=O)[C@H]1[C@@H](O)C[C@H]2[C@@H]3CC[C@H]4C[C@@H](O)CC[C@]4(C)[C@H]3CC[C@@]21C. The first kappa shape index (κ1) is 17.0. The van der Waals surface area contributed by atoms with E-state index in [0.29, 0.717) is 23.2 Å². The zero-order valence-corrected chi connectivity index (χ0v) is 15.5. The Kier molecular flexibility index (Phi) is 3.93. The number of aliphatic hydroxyl groups excluding tert-OH is 2. The summed E-state index contributed by atoms with van der Waals surface area (Å²) < 4.78 is 0. The third-order valence-corrected chi connectivity index (χ3v) is 9.10. The summed E-state index contributed by atoms with van der Waals surface area (Å²) in [5.41, 5.74) is 0.368. The third-order valence-electron chi connectivity index (χ3n) is 9.10. The molecule has 0 aromatic heterocycles. The fourth-order valence-electron chi connectivity index (χ4n) is 7.98.